The number of aromatic nitrogens is 2. The molecule has 162 valence electrons. The van der Waals surface area contributed by atoms with E-state index in [9.17, 15) is 0 Å². The Morgan fingerprint density at radius 3 is 1.45 bits per heavy atom. The molecule has 0 aliphatic carbocycles. The largest absolute Gasteiger partial charge is 0.493 e. The van der Waals surface area contributed by atoms with Crippen molar-refractivity contribution >= 4 is 0 Å². The van der Waals surface area contributed by atoms with Crippen molar-refractivity contribution in [2.24, 2.45) is 0 Å². The van der Waals surface area contributed by atoms with Gasteiger partial charge in [-0.25, -0.2) is 0 Å². The monoisotopic (exact) mass is 418 g/mol. The maximum absolute atomic E-state index is 5.86. The molecular weight excluding hydrogens is 388 g/mol. The van der Waals surface area contributed by atoms with Crippen LogP contribution in [0.5, 0.6) is 11.5 Å². The van der Waals surface area contributed by atoms with Crippen LogP contribution in [0, 0.1) is 0 Å². The molecule has 1 aromatic heterocycles. The van der Waals surface area contributed by atoms with E-state index in [0.29, 0.717) is 25.0 Å². The molecular formula is C26H30N2O3. The lowest BCUT2D eigenvalue weighted by atomic mass is 10.2. The highest BCUT2D eigenvalue weighted by molar-refractivity contribution is 5.59. The molecule has 0 saturated heterocycles. The summed E-state index contributed by atoms with van der Waals surface area (Å²) < 4.78 is 17.3. The van der Waals surface area contributed by atoms with E-state index in [4.69, 9.17) is 13.9 Å². The summed E-state index contributed by atoms with van der Waals surface area (Å²) in [4.78, 5) is 0. The number of allylic oxidation sites excluding steroid dienone is 2. The summed E-state index contributed by atoms with van der Waals surface area (Å²) >= 11 is 0. The molecule has 2 aromatic carbocycles. The van der Waals surface area contributed by atoms with Crippen molar-refractivity contribution in [3.8, 4) is 34.4 Å². The van der Waals surface area contributed by atoms with E-state index in [2.05, 4.69) is 48.3 Å². The molecule has 3 aromatic rings. The molecule has 1 heterocycles. The summed E-state index contributed by atoms with van der Waals surface area (Å²) in [7, 11) is 0. The lowest BCUT2D eigenvalue weighted by Gasteiger charge is -2.05. The van der Waals surface area contributed by atoms with Gasteiger partial charge in [-0.2, -0.15) is 0 Å². The second-order valence-corrected chi connectivity index (χ2v) is 6.99. The van der Waals surface area contributed by atoms with E-state index in [-0.39, 0.29) is 0 Å². The lowest BCUT2D eigenvalue weighted by molar-refractivity contribution is 0.324. The summed E-state index contributed by atoms with van der Waals surface area (Å²) in [6.45, 7) is 5.57. The van der Waals surface area contributed by atoms with Gasteiger partial charge < -0.3 is 13.9 Å². The molecule has 0 spiro atoms. The van der Waals surface area contributed by atoms with Crippen molar-refractivity contribution in [1.29, 1.82) is 0 Å². The van der Waals surface area contributed by atoms with Gasteiger partial charge in [-0.3, -0.25) is 0 Å². The molecule has 0 amide bonds. The van der Waals surface area contributed by atoms with Crippen LogP contribution in [-0.2, 0) is 0 Å². The molecule has 0 bridgehead atoms. The van der Waals surface area contributed by atoms with Gasteiger partial charge in [0.1, 0.15) is 11.5 Å². The van der Waals surface area contributed by atoms with E-state index < -0.39 is 0 Å². The standard InChI is InChI=1S/C26H30N2O3/c1-3-5-7-9-19-29-23-15-11-21(12-16-23)25-27-28-26(31-25)22-13-17-24(18-14-22)30-20-10-8-6-4-2/h5-8,11-18H,3-4,9-10,19-20H2,1-2H3/b7-5-,8-6-. The Morgan fingerprint density at radius 2 is 1.06 bits per heavy atom. The molecule has 0 saturated carbocycles. The minimum absolute atomic E-state index is 0.482. The zero-order valence-corrected chi connectivity index (χ0v) is 18.3. The fourth-order valence-corrected chi connectivity index (χ4v) is 2.90. The highest BCUT2D eigenvalue weighted by Gasteiger charge is 2.11. The van der Waals surface area contributed by atoms with Gasteiger partial charge >= 0.3 is 0 Å². The molecule has 5 heteroatoms. The van der Waals surface area contributed by atoms with Crippen molar-refractivity contribution in [2.45, 2.75) is 39.5 Å². The maximum atomic E-state index is 5.86. The summed E-state index contributed by atoms with van der Waals surface area (Å²) in [6, 6.07) is 15.4. The molecule has 0 fully saturated rings. The third-order valence-corrected chi connectivity index (χ3v) is 4.54. The van der Waals surface area contributed by atoms with Crippen molar-refractivity contribution in [3.05, 3.63) is 72.8 Å². The van der Waals surface area contributed by atoms with Gasteiger partial charge in [0.25, 0.3) is 0 Å². The fraction of sp³-hybridized carbons (Fsp3) is 0.308. The Bertz CT molecular complexity index is 879. The average molecular weight is 419 g/mol. The van der Waals surface area contributed by atoms with E-state index in [0.717, 1.165) is 48.3 Å². The number of hydrogen-bond acceptors (Lipinski definition) is 5. The molecule has 5 nitrogen and oxygen atoms in total. The average Bonchev–Trinajstić information content (AvgIpc) is 3.30. The van der Waals surface area contributed by atoms with E-state index >= 15 is 0 Å². The van der Waals surface area contributed by atoms with Gasteiger partial charge in [0.05, 0.1) is 13.2 Å². The zero-order chi connectivity index (χ0) is 21.7. The van der Waals surface area contributed by atoms with Crippen molar-refractivity contribution in [3.63, 3.8) is 0 Å². The zero-order valence-electron chi connectivity index (χ0n) is 18.3. The number of nitrogens with zero attached hydrogens (tertiary/aromatic N) is 2. The maximum Gasteiger partial charge on any atom is 0.248 e. The summed E-state index contributed by atoms with van der Waals surface area (Å²) in [5.41, 5.74) is 1.72. The predicted octanol–water partition coefficient (Wildman–Crippen LogP) is 6.87. The van der Waals surface area contributed by atoms with Crippen molar-refractivity contribution in [2.75, 3.05) is 13.2 Å². The van der Waals surface area contributed by atoms with Crippen LogP contribution in [0.3, 0.4) is 0 Å². The molecule has 0 N–H and O–H groups in total. The molecule has 31 heavy (non-hydrogen) atoms. The second-order valence-electron chi connectivity index (χ2n) is 6.99. The SMILES string of the molecule is CC/C=C\CCOc1ccc(-c2nnc(-c3ccc(OCC/C=C\CC)cc3)o2)cc1. The summed E-state index contributed by atoms with van der Waals surface area (Å²) in [6.07, 6.45) is 12.5. The Morgan fingerprint density at radius 1 is 0.645 bits per heavy atom. The quantitative estimate of drug-likeness (QED) is 0.237. The Balaban J connectivity index is 1.54. The number of rotatable bonds is 12. The smallest absolute Gasteiger partial charge is 0.248 e. The second kappa shape index (κ2) is 12.4. The lowest BCUT2D eigenvalue weighted by Crippen LogP contribution is -1.95. The van der Waals surface area contributed by atoms with Gasteiger partial charge in [0.2, 0.25) is 11.8 Å². The first-order valence-corrected chi connectivity index (χ1v) is 10.9. The van der Waals surface area contributed by atoms with Crippen LogP contribution in [0.2, 0.25) is 0 Å². The molecule has 0 aliphatic rings. The molecule has 0 unspecified atom stereocenters. The molecule has 0 radical (unpaired) electrons. The first-order valence-electron chi connectivity index (χ1n) is 10.9. The van der Waals surface area contributed by atoms with E-state index in [1.54, 1.807) is 0 Å². The molecule has 0 atom stereocenters. The predicted molar refractivity (Wildman–Crippen MR) is 124 cm³/mol. The Labute approximate surface area is 184 Å². The van der Waals surface area contributed by atoms with Gasteiger partial charge in [0, 0.05) is 11.1 Å². The molecule has 3 rings (SSSR count). The van der Waals surface area contributed by atoms with Gasteiger partial charge in [-0.1, -0.05) is 38.2 Å². The van der Waals surface area contributed by atoms with Crippen LogP contribution in [0.15, 0.2) is 77.3 Å². The summed E-state index contributed by atoms with van der Waals surface area (Å²) in [5.74, 6) is 2.62. The van der Waals surface area contributed by atoms with Gasteiger partial charge in [-0.15, -0.1) is 10.2 Å². The van der Waals surface area contributed by atoms with Crippen LogP contribution in [0.1, 0.15) is 39.5 Å². The van der Waals surface area contributed by atoms with Crippen molar-refractivity contribution in [1.82, 2.24) is 10.2 Å². The Hall–Kier alpha value is -3.34. The highest BCUT2D eigenvalue weighted by atomic mass is 16.5. The van der Waals surface area contributed by atoms with Crippen LogP contribution < -0.4 is 9.47 Å². The number of hydrogen-bond donors (Lipinski definition) is 0. The van der Waals surface area contributed by atoms with Gasteiger partial charge in [-0.05, 0) is 74.2 Å². The van der Waals surface area contributed by atoms with Crippen LogP contribution in [-0.4, -0.2) is 23.4 Å². The number of benzene rings is 2. The normalized spacial score (nSPS) is 11.4. The van der Waals surface area contributed by atoms with Crippen molar-refractivity contribution < 1.29 is 13.9 Å². The molecule has 0 aliphatic heterocycles. The van der Waals surface area contributed by atoms with E-state index in [1.165, 1.54) is 0 Å². The van der Waals surface area contributed by atoms with Crippen LogP contribution in [0.25, 0.3) is 22.9 Å². The third-order valence-electron chi connectivity index (χ3n) is 4.54. The first kappa shape index (κ1) is 22.3. The third kappa shape index (κ3) is 7.14. The summed E-state index contributed by atoms with van der Waals surface area (Å²) in [5, 5.41) is 8.37. The Kier molecular flexibility index (Phi) is 8.92. The first-order chi connectivity index (χ1) is 15.3. The minimum atomic E-state index is 0.482. The fourth-order valence-electron chi connectivity index (χ4n) is 2.90. The van der Waals surface area contributed by atoms with Gasteiger partial charge in [0.15, 0.2) is 0 Å². The number of ether oxygens (including phenoxy) is 2. The van der Waals surface area contributed by atoms with E-state index in [1.807, 2.05) is 48.5 Å². The highest BCUT2D eigenvalue weighted by Crippen LogP contribution is 2.26. The topological polar surface area (TPSA) is 57.4 Å². The minimum Gasteiger partial charge on any atom is -0.493 e. The van der Waals surface area contributed by atoms with Crippen LogP contribution >= 0.6 is 0 Å². The van der Waals surface area contributed by atoms with Crippen LogP contribution in [0.4, 0.5) is 0 Å².